The van der Waals surface area contributed by atoms with Crippen molar-refractivity contribution in [1.29, 1.82) is 0 Å². The molecule has 0 atom stereocenters. The molecule has 1 heterocycles. The Bertz CT molecular complexity index is 767. The first-order chi connectivity index (χ1) is 11.2. The van der Waals surface area contributed by atoms with Gasteiger partial charge in [-0.25, -0.2) is 9.48 Å². The molecule has 2 aromatic rings. The second-order valence-corrected chi connectivity index (χ2v) is 6.45. The second-order valence-electron chi connectivity index (χ2n) is 6.04. The van der Waals surface area contributed by atoms with Crippen LogP contribution in [0.25, 0.3) is 5.69 Å². The summed E-state index contributed by atoms with van der Waals surface area (Å²) < 4.78 is 6.63. The van der Waals surface area contributed by atoms with Crippen LogP contribution in [0.1, 0.15) is 26.3 Å². The summed E-state index contributed by atoms with van der Waals surface area (Å²) in [5.41, 5.74) is 0.573. The van der Waals surface area contributed by atoms with E-state index < -0.39 is 16.6 Å². The van der Waals surface area contributed by atoms with Gasteiger partial charge in [-0.05, 0) is 26.8 Å². The Morgan fingerprint density at radius 3 is 2.75 bits per heavy atom. The molecule has 24 heavy (non-hydrogen) atoms. The third-order valence-electron chi connectivity index (χ3n) is 2.86. The molecular weight excluding hydrogens is 336 g/mol. The second kappa shape index (κ2) is 6.88. The van der Waals surface area contributed by atoms with Gasteiger partial charge in [0, 0.05) is 30.4 Å². The molecule has 0 aliphatic carbocycles. The van der Waals surface area contributed by atoms with Crippen LogP contribution in [0.4, 0.5) is 10.5 Å². The summed E-state index contributed by atoms with van der Waals surface area (Å²) in [4.78, 5) is 21.8. The number of alkyl carbamates (subject to hydrolysis) is 1. The Morgan fingerprint density at radius 2 is 2.17 bits per heavy atom. The van der Waals surface area contributed by atoms with Crippen LogP contribution < -0.4 is 5.32 Å². The predicted molar refractivity (Wildman–Crippen MR) is 88.3 cm³/mol. The molecule has 1 aromatic heterocycles. The zero-order valence-electron chi connectivity index (χ0n) is 13.4. The van der Waals surface area contributed by atoms with Crippen molar-refractivity contribution in [3.05, 3.63) is 51.3 Å². The molecule has 0 unspecified atom stereocenters. The molecule has 2 rings (SSSR count). The fourth-order valence-electron chi connectivity index (χ4n) is 1.87. The van der Waals surface area contributed by atoms with Gasteiger partial charge in [-0.2, -0.15) is 5.10 Å². The number of rotatable bonds is 4. The molecule has 9 heteroatoms. The van der Waals surface area contributed by atoms with Crippen LogP contribution in [0.3, 0.4) is 0 Å². The quantitative estimate of drug-likeness (QED) is 0.671. The van der Waals surface area contributed by atoms with Crippen LogP contribution in [0.2, 0.25) is 5.02 Å². The van der Waals surface area contributed by atoms with Crippen LogP contribution in [0.15, 0.2) is 30.6 Å². The van der Waals surface area contributed by atoms with Crippen molar-refractivity contribution in [2.24, 2.45) is 0 Å². The highest BCUT2D eigenvalue weighted by atomic mass is 35.5. The SMILES string of the molecule is CC(C)(C)OC(=O)NCc1cnn(-c2ccc([N+](=O)[O-])cc2Cl)c1. The van der Waals surface area contributed by atoms with E-state index in [1.807, 2.05) is 0 Å². The number of halogens is 1. The molecule has 1 N–H and O–H groups in total. The van der Waals surface area contributed by atoms with Crippen molar-refractivity contribution in [3.8, 4) is 5.69 Å². The van der Waals surface area contributed by atoms with Gasteiger partial charge in [0.2, 0.25) is 0 Å². The molecule has 0 aliphatic heterocycles. The number of ether oxygens (including phenoxy) is 1. The van der Waals surface area contributed by atoms with Crippen LogP contribution in [0.5, 0.6) is 0 Å². The third kappa shape index (κ3) is 4.69. The number of nitro benzene ring substituents is 1. The average Bonchev–Trinajstić information content (AvgIpc) is 2.91. The number of carbonyl (C=O) groups is 1. The Morgan fingerprint density at radius 1 is 1.46 bits per heavy atom. The summed E-state index contributed by atoms with van der Waals surface area (Å²) in [6.45, 7) is 5.57. The number of nitro groups is 1. The molecule has 0 saturated heterocycles. The van der Waals surface area contributed by atoms with Crippen molar-refractivity contribution in [3.63, 3.8) is 0 Å². The molecular formula is C15H17ClN4O4. The Kier molecular flexibility index (Phi) is 5.08. The maximum atomic E-state index is 11.6. The van der Waals surface area contributed by atoms with Crippen LogP contribution in [-0.4, -0.2) is 26.4 Å². The molecule has 128 valence electrons. The summed E-state index contributed by atoms with van der Waals surface area (Å²) in [6.07, 6.45) is 2.71. The van der Waals surface area contributed by atoms with Gasteiger partial charge in [-0.3, -0.25) is 10.1 Å². The molecule has 0 radical (unpaired) electrons. The molecule has 0 fully saturated rings. The number of nitrogens with one attached hydrogen (secondary N) is 1. The molecule has 0 bridgehead atoms. The largest absolute Gasteiger partial charge is 0.444 e. The van der Waals surface area contributed by atoms with Crippen molar-refractivity contribution in [1.82, 2.24) is 15.1 Å². The smallest absolute Gasteiger partial charge is 0.407 e. The Balaban J connectivity index is 2.06. The standard InChI is InChI=1S/C15H17ClN4O4/c1-15(2,3)24-14(21)17-7-10-8-18-19(9-10)13-5-4-11(20(22)23)6-12(13)16/h4-6,8-9H,7H2,1-3H3,(H,17,21). The normalized spacial score (nSPS) is 11.2. The van der Waals surface area contributed by atoms with Crippen LogP contribution in [0, 0.1) is 10.1 Å². The number of aromatic nitrogens is 2. The number of hydrogen-bond acceptors (Lipinski definition) is 5. The topological polar surface area (TPSA) is 99.3 Å². The van der Waals surface area contributed by atoms with Crippen molar-refractivity contribution in [2.75, 3.05) is 0 Å². The highest BCUT2D eigenvalue weighted by Gasteiger charge is 2.16. The summed E-state index contributed by atoms with van der Waals surface area (Å²) in [5.74, 6) is 0. The van der Waals surface area contributed by atoms with Crippen LogP contribution in [-0.2, 0) is 11.3 Å². The molecule has 8 nitrogen and oxygen atoms in total. The van der Waals surface area contributed by atoms with Crippen molar-refractivity contribution in [2.45, 2.75) is 32.9 Å². The number of carbonyl (C=O) groups excluding carboxylic acids is 1. The number of benzene rings is 1. The molecule has 0 aliphatic rings. The Hall–Kier alpha value is -2.61. The monoisotopic (exact) mass is 352 g/mol. The maximum Gasteiger partial charge on any atom is 0.407 e. The van der Waals surface area contributed by atoms with Gasteiger partial charge in [0.05, 0.1) is 21.8 Å². The zero-order chi connectivity index (χ0) is 17.9. The first kappa shape index (κ1) is 17.7. The van der Waals surface area contributed by atoms with Gasteiger partial charge >= 0.3 is 6.09 Å². The first-order valence-corrected chi connectivity index (χ1v) is 7.48. The van der Waals surface area contributed by atoms with Gasteiger partial charge in [0.15, 0.2) is 0 Å². The lowest BCUT2D eigenvalue weighted by atomic mass is 10.2. The van der Waals surface area contributed by atoms with Gasteiger partial charge in [0.1, 0.15) is 5.60 Å². The van der Waals surface area contributed by atoms with E-state index >= 15 is 0 Å². The van der Waals surface area contributed by atoms with Crippen molar-refractivity contribution < 1.29 is 14.5 Å². The van der Waals surface area contributed by atoms with E-state index in [1.165, 1.54) is 22.9 Å². The molecule has 1 amide bonds. The lowest BCUT2D eigenvalue weighted by Crippen LogP contribution is -2.32. The minimum Gasteiger partial charge on any atom is -0.444 e. The first-order valence-electron chi connectivity index (χ1n) is 7.10. The highest BCUT2D eigenvalue weighted by Crippen LogP contribution is 2.25. The van der Waals surface area contributed by atoms with E-state index in [0.717, 1.165) is 5.56 Å². The van der Waals surface area contributed by atoms with Gasteiger partial charge in [-0.1, -0.05) is 11.6 Å². The van der Waals surface area contributed by atoms with Crippen molar-refractivity contribution >= 4 is 23.4 Å². The summed E-state index contributed by atoms with van der Waals surface area (Å²) in [7, 11) is 0. The lowest BCUT2D eigenvalue weighted by Gasteiger charge is -2.19. The zero-order valence-corrected chi connectivity index (χ0v) is 14.2. The number of amides is 1. The molecule has 1 aromatic carbocycles. The minimum atomic E-state index is -0.569. The summed E-state index contributed by atoms with van der Waals surface area (Å²) >= 11 is 6.06. The number of nitrogens with zero attached hydrogens (tertiary/aromatic N) is 3. The van der Waals surface area contributed by atoms with E-state index in [0.29, 0.717) is 5.69 Å². The Labute approximate surface area is 143 Å². The third-order valence-corrected chi connectivity index (χ3v) is 3.16. The van der Waals surface area contributed by atoms with E-state index in [4.69, 9.17) is 16.3 Å². The fourth-order valence-corrected chi connectivity index (χ4v) is 2.13. The van der Waals surface area contributed by atoms with Crippen LogP contribution >= 0.6 is 11.6 Å². The van der Waals surface area contributed by atoms with Gasteiger partial charge < -0.3 is 10.1 Å². The summed E-state index contributed by atoms with van der Waals surface area (Å²) in [6, 6.07) is 4.12. The van der Waals surface area contributed by atoms with Gasteiger partial charge in [0.25, 0.3) is 5.69 Å². The average molecular weight is 353 g/mol. The van der Waals surface area contributed by atoms with E-state index in [9.17, 15) is 14.9 Å². The summed E-state index contributed by atoms with van der Waals surface area (Å²) in [5, 5.41) is 17.7. The lowest BCUT2D eigenvalue weighted by molar-refractivity contribution is -0.384. The number of hydrogen-bond donors (Lipinski definition) is 1. The van der Waals surface area contributed by atoms with E-state index in [-0.39, 0.29) is 17.3 Å². The predicted octanol–water partition coefficient (Wildman–Crippen LogP) is 3.46. The van der Waals surface area contributed by atoms with E-state index in [1.54, 1.807) is 33.2 Å². The molecule has 0 saturated carbocycles. The molecule has 0 spiro atoms. The number of non-ortho nitro benzene ring substituents is 1. The van der Waals surface area contributed by atoms with E-state index in [2.05, 4.69) is 10.4 Å². The van der Waals surface area contributed by atoms with Gasteiger partial charge in [-0.15, -0.1) is 0 Å². The maximum absolute atomic E-state index is 11.6. The highest BCUT2D eigenvalue weighted by molar-refractivity contribution is 6.32. The minimum absolute atomic E-state index is 0.0947. The fraction of sp³-hybridized carbons (Fsp3) is 0.333.